The van der Waals surface area contributed by atoms with Crippen LogP contribution in [0.4, 0.5) is 23.2 Å². The number of halogens is 4. The largest absolute Gasteiger partial charge is 0.573 e. The van der Waals surface area contributed by atoms with Crippen LogP contribution in [-0.2, 0) is 16.1 Å². The number of carbonyl (C=O) groups excluding carboxylic acids is 1. The Hall–Kier alpha value is -4.57. The molecule has 6 nitrogen and oxygen atoms in total. The van der Waals surface area contributed by atoms with Gasteiger partial charge in [-0.2, -0.15) is 0 Å². The molecular weight excluding hydrogens is 526 g/mol. The molecule has 3 aromatic carbocycles. The van der Waals surface area contributed by atoms with Crippen molar-refractivity contribution in [3.05, 3.63) is 102 Å². The quantitative estimate of drug-likeness (QED) is 0.0656. The third kappa shape index (κ3) is 7.97. The van der Waals surface area contributed by atoms with Gasteiger partial charge in [0.25, 0.3) is 0 Å². The van der Waals surface area contributed by atoms with Gasteiger partial charge in [0, 0.05) is 17.7 Å². The van der Waals surface area contributed by atoms with Crippen LogP contribution in [-0.4, -0.2) is 42.1 Å². The third-order valence-corrected chi connectivity index (χ3v) is 5.74. The Morgan fingerprint density at radius 1 is 0.950 bits per heavy atom. The van der Waals surface area contributed by atoms with Gasteiger partial charge in [0.2, 0.25) is 6.41 Å². The number of amides is 1. The van der Waals surface area contributed by atoms with Gasteiger partial charge in [0.05, 0.1) is 36.6 Å². The monoisotopic (exact) mass is 551 g/mol. The van der Waals surface area contributed by atoms with Gasteiger partial charge >= 0.3 is 6.36 Å². The van der Waals surface area contributed by atoms with E-state index in [1.165, 1.54) is 53.7 Å². The maximum Gasteiger partial charge on any atom is 0.573 e. The van der Waals surface area contributed by atoms with Gasteiger partial charge in [0.15, 0.2) is 0 Å². The Bertz CT molecular complexity index is 1460. The second-order valence-electron chi connectivity index (χ2n) is 8.73. The summed E-state index contributed by atoms with van der Waals surface area (Å²) in [5.41, 5.74) is 3.82. The highest BCUT2D eigenvalue weighted by Crippen LogP contribution is 2.35. The summed E-state index contributed by atoms with van der Waals surface area (Å²) in [5.74, 6) is -0.836. The molecule has 0 radical (unpaired) electrons. The first kappa shape index (κ1) is 28.4. The molecule has 0 saturated carbocycles. The van der Waals surface area contributed by atoms with Gasteiger partial charge in [0.1, 0.15) is 11.6 Å². The fourth-order valence-electron chi connectivity index (χ4n) is 3.84. The number of ether oxygens (including phenoxy) is 2. The van der Waals surface area contributed by atoms with Crippen LogP contribution in [0.3, 0.4) is 0 Å². The summed E-state index contributed by atoms with van der Waals surface area (Å²) < 4.78 is 61.3. The summed E-state index contributed by atoms with van der Waals surface area (Å²) in [6.45, 7) is 2.71. The molecule has 206 valence electrons. The van der Waals surface area contributed by atoms with E-state index in [4.69, 9.17) is 4.74 Å². The van der Waals surface area contributed by atoms with E-state index in [1.807, 2.05) is 30.3 Å². The Morgan fingerprint density at radius 2 is 1.70 bits per heavy atom. The summed E-state index contributed by atoms with van der Waals surface area (Å²) in [5, 5.41) is 0. The minimum Gasteiger partial charge on any atom is -0.406 e. The predicted molar refractivity (Wildman–Crippen MR) is 144 cm³/mol. The number of alkyl halides is 3. The fourth-order valence-corrected chi connectivity index (χ4v) is 3.84. The zero-order chi connectivity index (χ0) is 28.5. The number of nitrogens with zero attached hydrogens (tertiary/aromatic N) is 3. The molecule has 0 N–H and O–H groups in total. The summed E-state index contributed by atoms with van der Waals surface area (Å²) in [6.07, 6.45) is -2.82. The summed E-state index contributed by atoms with van der Waals surface area (Å²) in [6, 6.07) is 22.4. The van der Waals surface area contributed by atoms with Gasteiger partial charge < -0.3 is 14.4 Å². The molecule has 0 fully saturated rings. The first-order chi connectivity index (χ1) is 19.2. The molecule has 1 amide bonds. The van der Waals surface area contributed by atoms with E-state index in [-0.39, 0.29) is 18.9 Å². The lowest BCUT2D eigenvalue weighted by Crippen LogP contribution is -2.24. The smallest absolute Gasteiger partial charge is 0.406 e. The molecule has 40 heavy (non-hydrogen) atoms. The Balaban J connectivity index is 1.58. The van der Waals surface area contributed by atoms with Crippen molar-refractivity contribution in [1.29, 1.82) is 0 Å². The average molecular weight is 552 g/mol. The molecule has 0 aliphatic carbocycles. The second-order valence-corrected chi connectivity index (χ2v) is 8.73. The van der Waals surface area contributed by atoms with Crippen molar-refractivity contribution in [1.82, 2.24) is 9.88 Å². The number of rotatable bonds is 11. The van der Waals surface area contributed by atoms with Gasteiger partial charge in [-0.15, -0.1) is 13.2 Å². The van der Waals surface area contributed by atoms with Crippen LogP contribution in [0.2, 0.25) is 0 Å². The topological polar surface area (TPSA) is 64.0 Å². The SMILES string of the molecule is Cc1cc(-c2ccc(OC(F)(F)F)cc2)nc(-c2cccc(F)c2)c1/N=C\N(C=O)CCOCc1ccccc1. The highest BCUT2D eigenvalue weighted by Gasteiger charge is 2.31. The van der Waals surface area contributed by atoms with E-state index in [2.05, 4.69) is 14.7 Å². The van der Waals surface area contributed by atoms with Crippen molar-refractivity contribution in [3.8, 4) is 28.3 Å². The van der Waals surface area contributed by atoms with Crippen LogP contribution < -0.4 is 4.74 Å². The van der Waals surface area contributed by atoms with E-state index in [0.29, 0.717) is 46.8 Å². The maximum atomic E-state index is 14.1. The van der Waals surface area contributed by atoms with Crippen molar-refractivity contribution >= 4 is 18.4 Å². The highest BCUT2D eigenvalue weighted by atomic mass is 19.4. The molecule has 4 rings (SSSR count). The van der Waals surface area contributed by atoms with Gasteiger partial charge in [-0.25, -0.2) is 14.4 Å². The predicted octanol–water partition coefficient (Wildman–Crippen LogP) is 7.10. The van der Waals surface area contributed by atoms with Crippen LogP contribution in [0.5, 0.6) is 5.75 Å². The molecule has 1 heterocycles. The van der Waals surface area contributed by atoms with E-state index >= 15 is 0 Å². The Morgan fingerprint density at radius 3 is 2.38 bits per heavy atom. The molecular formula is C30H25F4N3O3. The van der Waals surface area contributed by atoms with Crippen LogP contribution >= 0.6 is 0 Å². The molecule has 0 aliphatic rings. The maximum absolute atomic E-state index is 14.1. The van der Waals surface area contributed by atoms with Crippen LogP contribution in [0.25, 0.3) is 22.5 Å². The van der Waals surface area contributed by atoms with E-state index in [1.54, 1.807) is 19.1 Å². The molecule has 4 aromatic rings. The molecule has 1 aromatic heterocycles. The number of hydrogen-bond acceptors (Lipinski definition) is 5. The molecule has 0 bridgehead atoms. The lowest BCUT2D eigenvalue weighted by molar-refractivity contribution is -0.274. The molecule has 10 heteroatoms. The molecule has 0 atom stereocenters. The van der Waals surface area contributed by atoms with Gasteiger partial charge in [-0.1, -0.05) is 42.5 Å². The summed E-state index contributed by atoms with van der Waals surface area (Å²) in [7, 11) is 0. The average Bonchev–Trinajstić information content (AvgIpc) is 2.93. The number of hydrogen-bond donors (Lipinski definition) is 0. The van der Waals surface area contributed by atoms with Crippen molar-refractivity contribution in [3.63, 3.8) is 0 Å². The first-order valence-electron chi connectivity index (χ1n) is 12.2. The molecule has 0 unspecified atom stereocenters. The van der Waals surface area contributed by atoms with Crippen LogP contribution in [0.1, 0.15) is 11.1 Å². The van der Waals surface area contributed by atoms with E-state index in [9.17, 15) is 22.4 Å². The fraction of sp³-hybridized carbons (Fsp3) is 0.167. The number of aryl methyl sites for hydroxylation is 1. The second kappa shape index (κ2) is 13.0. The molecule has 0 aliphatic heterocycles. The van der Waals surface area contributed by atoms with Gasteiger partial charge in [-0.3, -0.25) is 4.79 Å². The zero-order valence-corrected chi connectivity index (χ0v) is 21.4. The van der Waals surface area contributed by atoms with Crippen molar-refractivity contribution in [2.45, 2.75) is 19.9 Å². The minimum absolute atomic E-state index is 0.256. The minimum atomic E-state index is -4.80. The number of carbonyl (C=O) groups is 1. The van der Waals surface area contributed by atoms with Crippen molar-refractivity contribution in [2.24, 2.45) is 4.99 Å². The lowest BCUT2D eigenvalue weighted by Gasteiger charge is -2.15. The highest BCUT2D eigenvalue weighted by molar-refractivity contribution is 5.83. The molecule has 0 saturated heterocycles. The third-order valence-electron chi connectivity index (χ3n) is 5.74. The summed E-state index contributed by atoms with van der Waals surface area (Å²) in [4.78, 5) is 22.1. The summed E-state index contributed by atoms with van der Waals surface area (Å²) >= 11 is 0. The van der Waals surface area contributed by atoms with Crippen molar-refractivity contribution in [2.75, 3.05) is 13.2 Å². The Kier molecular flexibility index (Phi) is 9.23. The van der Waals surface area contributed by atoms with Crippen LogP contribution in [0.15, 0.2) is 89.9 Å². The van der Waals surface area contributed by atoms with Crippen molar-refractivity contribution < 1.29 is 31.8 Å². The Labute approximate surface area is 228 Å². The van der Waals surface area contributed by atoms with E-state index in [0.717, 1.165) is 5.56 Å². The van der Waals surface area contributed by atoms with Gasteiger partial charge in [-0.05, 0) is 60.5 Å². The zero-order valence-electron chi connectivity index (χ0n) is 21.4. The number of pyridine rings is 1. The first-order valence-corrected chi connectivity index (χ1v) is 12.2. The number of benzene rings is 3. The van der Waals surface area contributed by atoms with E-state index < -0.39 is 12.2 Å². The molecule has 0 spiro atoms. The standard InChI is InChI=1S/C30H25F4N3O3/c1-21-16-27(23-10-12-26(13-11-23)40-30(32,33)34)36-29(24-8-5-9-25(31)17-24)28(21)35-19-37(20-38)14-15-39-18-22-6-3-2-4-7-22/h2-13,16-17,19-20H,14-15,18H2,1H3/b35-19-. The number of aromatic nitrogens is 1. The lowest BCUT2D eigenvalue weighted by atomic mass is 10.0. The van der Waals surface area contributed by atoms with Crippen LogP contribution in [0, 0.1) is 12.7 Å². The normalized spacial score (nSPS) is 11.5. The number of aliphatic imine (C=N–C) groups is 1.